The molecule has 0 aliphatic carbocycles. The summed E-state index contributed by atoms with van der Waals surface area (Å²) in [6.45, 7) is 3.75. The monoisotopic (exact) mass is 379 g/mol. The number of ether oxygens (including phenoxy) is 2. The number of hydrogen-bond acceptors (Lipinski definition) is 4. The van der Waals surface area contributed by atoms with Crippen molar-refractivity contribution in [3.05, 3.63) is 77.6 Å². The first-order chi connectivity index (χ1) is 13.7. The highest BCUT2D eigenvalue weighted by atomic mass is 16.5. The molecule has 1 aromatic heterocycles. The van der Waals surface area contributed by atoms with Gasteiger partial charge in [0.15, 0.2) is 11.5 Å². The Kier molecular flexibility index (Phi) is 6.68. The minimum absolute atomic E-state index is 0.0872. The van der Waals surface area contributed by atoms with E-state index in [0.717, 1.165) is 24.1 Å². The van der Waals surface area contributed by atoms with Crippen LogP contribution in [0, 0.1) is 6.92 Å². The Morgan fingerprint density at radius 1 is 1.14 bits per heavy atom. The van der Waals surface area contributed by atoms with Crippen molar-refractivity contribution in [2.24, 2.45) is 0 Å². The third-order valence-electron chi connectivity index (χ3n) is 4.26. The SMILES string of the molecule is COc1ccccc1OCc1cccc(C(=O)NCCCn2cc(C)cn2)c1. The molecule has 3 aromatic rings. The molecule has 0 bridgehead atoms. The fourth-order valence-electron chi connectivity index (χ4n) is 2.84. The number of carbonyl (C=O) groups excluding carboxylic acids is 1. The van der Waals surface area contributed by atoms with E-state index in [-0.39, 0.29) is 5.91 Å². The fourth-order valence-corrected chi connectivity index (χ4v) is 2.84. The van der Waals surface area contributed by atoms with Crippen molar-refractivity contribution in [2.75, 3.05) is 13.7 Å². The van der Waals surface area contributed by atoms with Gasteiger partial charge in [0.05, 0.1) is 13.3 Å². The third kappa shape index (κ3) is 5.36. The molecule has 0 unspecified atom stereocenters. The molecule has 0 aliphatic rings. The van der Waals surface area contributed by atoms with Gasteiger partial charge in [-0.05, 0) is 48.7 Å². The Hall–Kier alpha value is -3.28. The van der Waals surface area contributed by atoms with Crippen molar-refractivity contribution >= 4 is 5.91 Å². The highest BCUT2D eigenvalue weighted by Crippen LogP contribution is 2.26. The van der Waals surface area contributed by atoms with Gasteiger partial charge in [-0.2, -0.15) is 5.10 Å². The number of hydrogen-bond donors (Lipinski definition) is 1. The largest absolute Gasteiger partial charge is 0.493 e. The molecule has 6 heteroatoms. The van der Waals surface area contributed by atoms with Crippen LogP contribution in [0.2, 0.25) is 0 Å². The Balaban J connectivity index is 1.49. The first-order valence-corrected chi connectivity index (χ1v) is 9.28. The van der Waals surface area contributed by atoms with Gasteiger partial charge in [-0.25, -0.2) is 0 Å². The van der Waals surface area contributed by atoms with Crippen molar-refractivity contribution in [2.45, 2.75) is 26.5 Å². The molecule has 1 heterocycles. The number of amides is 1. The minimum atomic E-state index is -0.0872. The standard InChI is InChI=1S/C22H25N3O3/c1-17-14-24-25(15-17)12-6-11-23-22(26)19-8-5-7-18(13-19)16-28-21-10-4-3-9-20(21)27-2/h3-5,7-10,13-15H,6,11-12,16H2,1-2H3,(H,23,26). The van der Waals surface area contributed by atoms with Crippen LogP contribution in [0.1, 0.15) is 27.9 Å². The summed E-state index contributed by atoms with van der Waals surface area (Å²) in [5, 5.41) is 7.20. The summed E-state index contributed by atoms with van der Waals surface area (Å²) >= 11 is 0. The maximum atomic E-state index is 12.4. The van der Waals surface area contributed by atoms with Gasteiger partial charge >= 0.3 is 0 Å². The second kappa shape index (κ2) is 9.60. The molecule has 0 aliphatic heterocycles. The molecule has 0 radical (unpaired) electrons. The predicted octanol–water partition coefficient (Wildman–Crippen LogP) is 3.60. The van der Waals surface area contributed by atoms with Crippen LogP contribution < -0.4 is 14.8 Å². The van der Waals surface area contributed by atoms with E-state index in [1.54, 1.807) is 13.2 Å². The second-order valence-electron chi connectivity index (χ2n) is 6.53. The lowest BCUT2D eigenvalue weighted by Gasteiger charge is -2.11. The summed E-state index contributed by atoms with van der Waals surface area (Å²) in [7, 11) is 1.61. The zero-order chi connectivity index (χ0) is 19.8. The number of nitrogens with one attached hydrogen (secondary N) is 1. The molecule has 0 atom stereocenters. The molecular formula is C22H25N3O3. The van der Waals surface area contributed by atoms with Crippen molar-refractivity contribution in [1.29, 1.82) is 0 Å². The summed E-state index contributed by atoms with van der Waals surface area (Å²) < 4.78 is 13.0. The number of methoxy groups -OCH3 is 1. The Morgan fingerprint density at radius 2 is 1.96 bits per heavy atom. The molecule has 0 saturated heterocycles. The van der Waals surface area contributed by atoms with E-state index < -0.39 is 0 Å². The zero-order valence-corrected chi connectivity index (χ0v) is 16.2. The lowest BCUT2D eigenvalue weighted by molar-refractivity contribution is 0.0952. The van der Waals surface area contributed by atoms with E-state index in [0.29, 0.717) is 30.2 Å². The summed E-state index contributed by atoms with van der Waals surface area (Å²) in [6.07, 6.45) is 4.65. The van der Waals surface area contributed by atoms with Crippen LogP contribution in [0.4, 0.5) is 0 Å². The first-order valence-electron chi connectivity index (χ1n) is 9.28. The van der Waals surface area contributed by atoms with E-state index in [4.69, 9.17) is 9.47 Å². The highest BCUT2D eigenvalue weighted by Gasteiger charge is 2.07. The van der Waals surface area contributed by atoms with E-state index in [2.05, 4.69) is 10.4 Å². The first kappa shape index (κ1) is 19.5. The van der Waals surface area contributed by atoms with Gasteiger partial charge in [-0.15, -0.1) is 0 Å². The van der Waals surface area contributed by atoms with Gasteiger partial charge in [0.1, 0.15) is 6.61 Å². The number of rotatable bonds is 9. The van der Waals surface area contributed by atoms with Crippen LogP contribution in [0.25, 0.3) is 0 Å². The van der Waals surface area contributed by atoms with Crippen LogP contribution in [-0.4, -0.2) is 29.3 Å². The van der Waals surface area contributed by atoms with Gasteiger partial charge in [0.2, 0.25) is 0 Å². The molecule has 1 amide bonds. The quantitative estimate of drug-likeness (QED) is 0.577. The maximum absolute atomic E-state index is 12.4. The molecule has 3 rings (SSSR count). The van der Waals surface area contributed by atoms with Crippen LogP contribution >= 0.6 is 0 Å². The Labute approximate surface area is 165 Å². The van der Waals surface area contributed by atoms with E-state index in [9.17, 15) is 4.79 Å². The predicted molar refractivity (Wildman–Crippen MR) is 108 cm³/mol. The Bertz CT molecular complexity index is 921. The second-order valence-corrected chi connectivity index (χ2v) is 6.53. The molecule has 0 fully saturated rings. The Morgan fingerprint density at radius 3 is 2.71 bits per heavy atom. The number of aromatic nitrogens is 2. The van der Waals surface area contributed by atoms with Crippen LogP contribution in [-0.2, 0) is 13.2 Å². The molecule has 2 aromatic carbocycles. The third-order valence-corrected chi connectivity index (χ3v) is 4.26. The molecule has 146 valence electrons. The van der Waals surface area contributed by atoms with Crippen LogP contribution in [0.3, 0.4) is 0 Å². The molecule has 0 spiro atoms. The lowest BCUT2D eigenvalue weighted by Crippen LogP contribution is -2.25. The van der Waals surface area contributed by atoms with E-state index in [1.165, 1.54) is 0 Å². The summed E-state index contributed by atoms with van der Waals surface area (Å²) in [5.74, 6) is 1.27. The van der Waals surface area contributed by atoms with Crippen molar-refractivity contribution in [3.63, 3.8) is 0 Å². The molecule has 0 saturated carbocycles. The normalized spacial score (nSPS) is 10.5. The molecule has 6 nitrogen and oxygen atoms in total. The number of para-hydroxylation sites is 2. The van der Waals surface area contributed by atoms with E-state index >= 15 is 0 Å². The van der Waals surface area contributed by atoms with Crippen molar-refractivity contribution in [3.8, 4) is 11.5 Å². The number of benzene rings is 2. The van der Waals surface area contributed by atoms with Gasteiger partial charge in [0.25, 0.3) is 5.91 Å². The summed E-state index contributed by atoms with van der Waals surface area (Å²) in [4.78, 5) is 12.4. The van der Waals surface area contributed by atoms with Crippen LogP contribution in [0.15, 0.2) is 60.9 Å². The summed E-state index contributed by atoms with van der Waals surface area (Å²) in [6, 6.07) is 15.0. The number of aryl methyl sites for hydroxylation is 2. The highest BCUT2D eigenvalue weighted by molar-refractivity contribution is 5.94. The fraction of sp³-hybridized carbons (Fsp3) is 0.273. The maximum Gasteiger partial charge on any atom is 0.251 e. The van der Waals surface area contributed by atoms with Gasteiger partial charge < -0.3 is 14.8 Å². The average Bonchev–Trinajstić information content (AvgIpc) is 3.15. The minimum Gasteiger partial charge on any atom is -0.493 e. The topological polar surface area (TPSA) is 65.4 Å². The zero-order valence-electron chi connectivity index (χ0n) is 16.2. The smallest absolute Gasteiger partial charge is 0.251 e. The number of carbonyl (C=O) groups is 1. The van der Waals surface area contributed by atoms with Gasteiger partial charge in [-0.1, -0.05) is 24.3 Å². The van der Waals surface area contributed by atoms with Gasteiger partial charge in [0, 0.05) is 24.8 Å². The number of nitrogens with zero attached hydrogens (tertiary/aromatic N) is 2. The average molecular weight is 379 g/mol. The van der Waals surface area contributed by atoms with Crippen molar-refractivity contribution < 1.29 is 14.3 Å². The molecular weight excluding hydrogens is 354 g/mol. The molecule has 1 N–H and O–H groups in total. The molecule has 28 heavy (non-hydrogen) atoms. The van der Waals surface area contributed by atoms with Gasteiger partial charge in [-0.3, -0.25) is 9.48 Å². The van der Waals surface area contributed by atoms with E-state index in [1.807, 2.05) is 66.5 Å². The van der Waals surface area contributed by atoms with Crippen LogP contribution in [0.5, 0.6) is 11.5 Å². The van der Waals surface area contributed by atoms with Crippen molar-refractivity contribution in [1.82, 2.24) is 15.1 Å². The summed E-state index contributed by atoms with van der Waals surface area (Å²) in [5.41, 5.74) is 2.68. The lowest BCUT2D eigenvalue weighted by atomic mass is 10.1.